The van der Waals surface area contributed by atoms with Crippen LogP contribution in [-0.4, -0.2) is 59.6 Å². The molecule has 148 valence electrons. The largest absolute Gasteiger partial charge is 0.383 e. The maximum absolute atomic E-state index is 13.0. The average molecular weight is 451 g/mol. The summed E-state index contributed by atoms with van der Waals surface area (Å²) in [6, 6.07) is 4.90. The summed E-state index contributed by atoms with van der Waals surface area (Å²) in [6.45, 7) is 7.25. The van der Waals surface area contributed by atoms with Crippen molar-refractivity contribution in [3.63, 3.8) is 0 Å². The van der Waals surface area contributed by atoms with Gasteiger partial charge in [-0.15, -0.1) is 0 Å². The second-order valence-corrected chi connectivity index (χ2v) is 9.41. The fraction of sp³-hybridized carbons (Fsp3) is 0.647. The van der Waals surface area contributed by atoms with Gasteiger partial charge in [0, 0.05) is 18.2 Å². The van der Waals surface area contributed by atoms with Gasteiger partial charge < -0.3 is 19.5 Å². The van der Waals surface area contributed by atoms with E-state index >= 15 is 0 Å². The molecular weight excluding hydrogens is 424 g/mol. The first-order chi connectivity index (χ1) is 12.2. The van der Waals surface area contributed by atoms with Crippen LogP contribution in [0.5, 0.6) is 0 Å². The number of benzene rings is 1. The summed E-state index contributed by atoms with van der Waals surface area (Å²) in [5.41, 5.74) is -0.234. The maximum Gasteiger partial charge on any atom is 0.243 e. The van der Waals surface area contributed by atoms with Crippen molar-refractivity contribution in [2.24, 2.45) is 0 Å². The van der Waals surface area contributed by atoms with Crippen LogP contribution in [0.4, 0.5) is 5.69 Å². The van der Waals surface area contributed by atoms with Crippen LogP contribution in [0.1, 0.15) is 20.8 Å². The van der Waals surface area contributed by atoms with Crippen LogP contribution < -0.4 is 10.0 Å². The normalized spacial score (nSPS) is 21.1. The lowest BCUT2D eigenvalue weighted by Gasteiger charge is -2.27. The van der Waals surface area contributed by atoms with Crippen LogP contribution in [0, 0.1) is 0 Å². The molecule has 1 aliphatic heterocycles. The SMILES string of the molecule is CCO[C@@H]1COC[C@H]1Nc1cc(Br)ccc1S(=O)(=O)NC(C)(C)COC. The van der Waals surface area contributed by atoms with E-state index in [1.807, 2.05) is 6.92 Å². The smallest absolute Gasteiger partial charge is 0.243 e. The molecule has 2 atom stereocenters. The van der Waals surface area contributed by atoms with Gasteiger partial charge in [0.2, 0.25) is 10.0 Å². The van der Waals surface area contributed by atoms with Crippen molar-refractivity contribution in [1.29, 1.82) is 0 Å². The Morgan fingerprint density at radius 3 is 2.73 bits per heavy atom. The fourth-order valence-corrected chi connectivity index (χ4v) is 4.82. The van der Waals surface area contributed by atoms with Crippen LogP contribution in [0.3, 0.4) is 0 Å². The van der Waals surface area contributed by atoms with Crippen LogP contribution in [0.2, 0.25) is 0 Å². The summed E-state index contributed by atoms with van der Waals surface area (Å²) in [5.74, 6) is 0. The number of halogens is 1. The van der Waals surface area contributed by atoms with Gasteiger partial charge in [0.1, 0.15) is 11.0 Å². The van der Waals surface area contributed by atoms with Gasteiger partial charge >= 0.3 is 0 Å². The van der Waals surface area contributed by atoms with E-state index in [1.165, 1.54) is 7.11 Å². The molecule has 7 nitrogen and oxygen atoms in total. The van der Waals surface area contributed by atoms with Gasteiger partial charge in [-0.2, -0.15) is 0 Å². The highest BCUT2D eigenvalue weighted by Crippen LogP contribution is 2.28. The van der Waals surface area contributed by atoms with Crippen LogP contribution in [-0.2, 0) is 24.2 Å². The zero-order valence-corrected chi connectivity index (χ0v) is 17.9. The molecule has 1 heterocycles. The van der Waals surface area contributed by atoms with Gasteiger partial charge in [-0.05, 0) is 39.0 Å². The number of methoxy groups -OCH3 is 1. The number of hydrogen-bond donors (Lipinski definition) is 2. The highest BCUT2D eigenvalue weighted by atomic mass is 79.9. The lowest BCUT2D eigenvalue weighted by atomic mass is 10.1. The summed E-state index contributed by atoms with van der Waals surface area (Å²) in [4.78, 5) is 0.173. The third kappa shape index (κ3) is 5.64. The minimum absolute atomic E-state index is 0.118. The van der Waals surface area contributed by atoms with Gasteiger partial charge in [-0.3, -0.25) is 0 Å². The minimum atomic E-state index is -3.75. The molecule has 1 aromatic rings. The van der Waals surface area contributed by atoms with E-state index in [0.717, 1.165) is 4.47 Å². The highest BCUT2D eigenvalue weighted by Gasteiger charge is 2.32. The van der Waals surface area contributed by atoms with E-state index in [0.29, 0.717) is 25.5 Å². The molecule has 1 aromatic carbocycles. The standard InChI is InChI=1S/C17H27BrN2O5S/c1-5-25-15-10-24-9-14(15)19-13-8-12(18)6-7-16(13)26(21,22)20-17(2,3)11-23-4/h6-8,14-15,19-20H,5,9-11H2,1-4H3/t14-,15-/m1/s1. The summed E-state index contributed by atoms with van der Waals surface area (Å²) >= 11 is 3.41. The molecule has 0 aliphatic carbocycles. The van der Waals surface area contributed by atoms with Gasteiger partial charge in [-0.25, -0.2) is 13.1 Å². The van der Waals surface area contributed by atoms with Gasteiger partial charge in [-0.1, -0.05) is 15.9 Å². The van der Waals surface area contributed by atoms with Crippen LogP contribution >= 0.6 is 15.9 Å². The van der Waals surface area contributed by atoms with E-state index in [-0.39, 0.29) is 23.6 Å². The molecule has 2 rings (SSSR count). The van der Waals surface area contributed by atoms with Crippen molar-refractivity contribution in [2.75, 3.05) is 38.9 Å². The van der Waals surface area contributed by atoms with E-state index in [4.69, 9.17) is 14.2 Å². The zero-order valence-electron chi connectivity index (χ0n) is 15.5. The van der Waals surface area contributed by atoms with Gasteiger partial charge in [0.05, 0.1) is 37.1 Å². The van der Waals surface area contributed by atoms with Crippen molar-refractivity contribution >= 4 is 31.6 Å². The van der Waals surface area contributed by atoms with Crippen molar-refractivity contribution in [3.8, 4) is 0 Å². The predicted octanol–water partition coefficient (Wildman–Crippen LogP) is 2.37. The average Bonchev–Trinajstić information content (AvgIpc) is 2.93. The van der Waals surface area contributed by atoms with Crippen molar-refractivity contribution in [3.05, 3.63) is 22.7 Å². The minimum Gasteiger partial charge on any atom is -0.383 e. The van der Waals surface area contributed by atoms with E-state index in [2.05, 4.69) is 26.0 Å². The molecule has 0 amide bonds. The van der Waals surface area contributed by atoms with Crippen molar-refractivity contribution < 1.29 is 22.6 Å². The summed E-state index contributed by atoms with van der Waals surface area (Å²) in [6.07, 6.45) is -0.118. The van der Waals surface area contributed by atoms with Gasteiger partial charge in [0.25, 0.3) is 0 Å². The Balaban J connectivity index is 2.29. The van der Waals surface area contributed by atoms with E-state index in [9.17, 15) is 8.42 Å². The molecule has 0 bridgehead atoms. The predicted molar refractivity (Wildman–Crippen MR) is 104 cm³/mol. The Labute approximate surface area is 164 Å². The van der Waals surface area contributed by atoms with E-state index < -0.39 is 15.6 Å². The highest BCUT2D eigenvalue weighted by molar-refractivity contribution is 9.10. The molecule has 2 N–H and O–H groups in total. The third-order valence-corrected chi connectivity index (χ3v) is 6.15. The number of hydrogen-bond acceptors (Lipinski definition) is 6. The molecule has 0 spiro atoms. The van der Waals surface area contributed by atoms with Gasteiger partial charge in [0.15, 0.2) is 0 Å². The number of rotatable bonds is 9. The molecule has 0 aromatic heterocycles. The monoisotopic (exact) mass is 450 g/mol. The molecule has 1 aliphatic rings. The van der Waals surface area contributed by atoms with Crippen molar-refractivity contribution in [2.45, 2.75) is 43.4 Å². The second-order valence-electron chi connectivity index (χ2n) is 6.84. The quantitative estimate of drug-likeness (QED) is 0.600. The molecule has 0 unspecified atom stereocenters. The number of nitrogens with one attached hydrogen (secondary N) is 2. The summed E-state index contributed by atoms with van der Waals surface area (Å²) in [5, 5.41) is 3.28. The Morgan fingerprint density at radius 2 is 2.08 bits per heavy atom. The van der Waals surface area contributed by atoms with Crippen LogP contribution in [0.15, 0.2) is 27.6 Å². The first kappa shape index (κ1) is 21.6. The Bertz CT molecular complexity index is 711. The number of ether oxygens (including phenoxy) is 3. The first-order valence-corrected chi connectivity index (χ1v) is 10.7. The molecule has 0 radical (unpaired) electrons. The topological polar surface area (TPSA) is 85.9 Å². The lowest BCUT2D eigenvalue weighted by Crippen LogP contribution is -2.46. The molecule has 0 saturated carbocycles. The Morgan fingerprint density at radius 1 is 1.35 bits per heavy atom. The number of anilines is 1. The Kier molecular flexibility index (Phi) is 7.46. The molecule has 1 saturated heterocycles. The molecule has 1 fully saturated rings. The molecule has 9 heteroatoms. The second kappa shape index (κ2) is 8.99. The number of sulfonamides is 1. The summed E-state index contributed by atoms with van der Waals surface area (Å²) in [7, 11) is -2.22. The lowest BCUT2D eigenvalue weighted by molar-refractivity contribution is 0.0478. The molecule has 26 heavy (non-hydrogen) atoms. The van der Waals surface area contributed by atoms with Crippen molar-refractivity contribution in [1.82, 2.24) is 4.72 Å². The van der Waals surface area contributed by atoms with Crippen LogP contribution in [0.25, 0.3) is 0 Å². The third-order valence-electron chi connectivity index (χ3n) is 3.90. The maximum atomic E-state index is 13.0. The summed E-state index contributed by atoms with van der Waals surface area (Å²) < 4.78 is 45.6. The zero-order chi connectivity index (χ0) is 19.4. The van der Waals surface area contributed by atoms with E-state index in [1.54, 1.807) is 32.0 Å². The fourth-order valence-electron chi connectivity index (χ4n) is 2.91. The Hall–Kier alpha value is -0.710. The molecular formula is C17H27BrN2O5S. The first-order valence-electron chi connectivity index (χ1n) is 8.47.